The van der Waals surface area contributed by atoms with Crippen LogP contribution in [0.3, 0.4) is 0 Å². The summed E-state index contributed by atoms with van der Waals surface area (Å²) in [5.41, 5.74) is 10.2. The molecule has 0 aliphatic carbocycles. The molecule has 0 aromatic rings. The third-order valence-electron chi connectivity index (χ3n) is 6.12. The van der Waals surface area contributed by atoms with Gasteiger partial charge in [0.15, 0.2) is 0 Å². The number of dihydropyridines is 2. The van der Waals surface area contributed by atoms with Gasteiger partial charge in [-0.3, -0.25) is 10.4 Å². The average Bonchev–Trinajstić information content (AvgIpc) is 3.37. The molecule has 3 heterocycles. The first-order valence-electron chi connectivity index (χ1n) is 12.1. The molecule has 1 saturated heterocycles. The average molecular weight is 479 g/mol. The topological polar surface area (TPSA) is 135 Å². The third-order valence-corrected chi connectivity index (χ3v) is 6.12. The first-order chi connectivity index (χ1) is 16.9. The molecule has 3 aliphatic heterocycles. The van der Waals surface area contributed by atoms with E-state index in [0.717, 1.165) is 47.7 Å². The fraction of sp³-hybridized carbons (Fsp3) is 0.423. The minimum absolute atomic E-state index is 0.0572. The predicted octanol–water partition coefficient (Wildman–Crippen LogP) is 2.51. The standard InChI is InChI=1S/C26H38N8O/c1-18(2)19(12-27)11-25(29)33-26-7-6-23-24(32-26)10-20(15-31-23)21(13-28)14-30-16-22(35-3)17-34-8-4-5-9-34/h6-7,10-15,18,22,27,31-32H,4-5,8-9,16-17,28H2,1-3H3,(H2,29,33). The first-order valence-corrected chi connectivity index (χ1v) is 12.1. The number of amidine groups is 1. The lowest BCUT2D eigenvalue weighted by molar-refractivity contribution is 0.0781. The van der Waals surface area contributed by atoms with E-state index in [1.165, 1.54) is 19.1 Å². The zero-order valence-corrected chi connectivity index (χ0v) is 20.9. The van der Waals surface area contributed by atoms with Gasteiger partial charge in [0, 0.05) is 49.6 Å². The number of nitrogens with zero attached hydrogens (tertiary/aromatic N) is 2. The van der Waals surface area contributed by atoms with Crippen LogP contribution in [0.4, 0.5) is 0 Å². The molecule has 7 N–H and O–H groups in total. The molecule has 3 rings (SSSR count). The molecule has 3 aliphatic rings. The summed E-state index contributed by atoms with van der Waals surface area (Å²) in [4.78, 5) is 7.03. The molecule has 188 valence electrons. The van der Waals surface area contributed by atoms with Gasteiger partial charge in [0.25, 0.3) is 0 Å². The van der Waals surface area contributed by atoms with Crippen molar-refractivity contribution in [2.75, 3.05) is 33.3 Å². The van der Waals surface area contributed by atoms with Gasteiger partial charge in [0.2, 0.25) is 0 Å². The van der Waals surface area contributed by atoms with Crippen molar-refractivity contribution in [3.05, 3.63) is 70.6 Å². The van der Waals surface area contributed by atoms with Gasteiger partial charge >= 0.3 is 0 Å². The van der Waals surface area contributed by atoms with E-state index in [1.54, 1.807) is 25.6 Å². The molecular formula is C26H38N8O. The summed E-state index contributed by atoms with van der Waals surface area (Å²) in [5, 5.41) is 25.4. The smallest absolute Gasteiger partial charge is 0.123 e. The second-order valence-corrected chi connectivity index (χ2v) is 9.05. The maximum absolute atomic E-state index is 8.22. The zero-order chi connectivity index (χ0) is 25.2. The molecule has 1 atom stereocenters. The highest BCUT2D eigenvalue weighted by molar-refractivity contribution is 5.97. The van der Waals surface area contributed by atoms with Crippen LogP contribution in [0.2, 0.25) is 0 Å². The van der Waals surface area contributed by atoms with Crippen molar-refractivity contribution in [3.63, 3.8) is 0 Å². The highest BCUT2D eigenvalue weighted by atomic mass is 16.5. The molecule has 0 radical (unpaired) electrons. The van der Waals surface area contributed by atoms with Crippen molar-refractivity contribution in [2.45, 2.75) is 32.8 Å². The number of hydrogen-bond donors (Lipinski definition) is 6. The molecule has 1 fully saturated rings. The molecule has 0 saturated carbocycles. The minimum atomic E-state index is 0.0572. The summed E-state index contributed by atoms with van der Waals surface area (Å²) in [6.45, 7) is 7.74. The van der Waals surface area contributed by atoms with Gasteiger partial charge in [0.1, 0.15) is 11.7 Å². The van der Waals surface area contributed by atoms with Crippen LogP contribution in [-0.4, -0.2) is 62.6 Å². The Morgan fingerprint density at radius 2 is 2.06 bits per heavy atom. The second-order valence-electron chi connectivity index (χ2n) is 9.05. The quantitative estimate of drug-likeness (QED) is 0.200. The van der Waals surface area contributed by atoms with Crippen molar-refractivity contribution >= 4 is 18.3 Å². The summed E-state index contributed by atoms with van der Waals surface area (Å²) in [6, 6.07) is 0. The van der Waals surface area contributed by atoms with Gasteiger partial charge in [-0.05, 0) is 61.7 Å². The van der Waals surface area contributed by atoms with Crippen molar-refractivity contribution in [3.8, 4) is 0 Å². The summed E-state index contributed by atoms with van der Waals surface area (Å²) < 4.78 is 5.62. The van der Waals surface area contributed by atoms with Crippen molar-refractivity contribution in [1.82, 2.24) is 20.9 Å². The molecule has 0 aromatic heterocycles. The van der Waals surface area contributed by atoms with Crippen LogP contribution in [0.5, 0.6) is 0 Å². The molecule has 1 unspecified atom stereocenters. The summed E-state index contributed by atoms with van der Waals surface area (Å²) in [7, 11) is 1.74. The molecule has 9 nitrogen and oxygen atoms in total. The maximum atomic E-state index is 8.22. The number of nitrogens with two attached hydrogens (primary N) is 1. The number of nitrogens with one attached hydrogen (secondary N) is 5. The number of ether oxygens (including phenoxy) is 1. The summed E-state index contributed by atoms with van der Waals surface area (Å²) >= 11 is 0. The highest BCUT2D eigenvalue weighted by Crippen LogP contribution is 2.21. The predicted molar refractivity (Wildman–Crippen MR) is 143 cm³/mol. The van der Waals surface area contributed by atoms with E-state index in [2.05, 4.69) is 25.8 Å². The van der Waals surface area contributed by atoms with Gasteiger partial charge < -0.3 is 36.7 Å². The van der Waals surface area contributed by atoms with Crippen molar-refractivity contribution in [2.24, 2.45) is 16.6 Å². The Hall–Kier alpha value is -3.43. The first kappa shape index (κ1) is 26.2. The zero-order valence-electron chi connectivity index (χ0n) is 20.9. The SMILES string of the molecule is COC(CN=CC(=CN)C1=CNC2=CC=C(NC(=N)C=C(C=N)C(C)C)NC2=C1)CN1CCCC1. The fourth-order valence-electron chi connectivity index (χ4n) is 4.01. The van der Waals surface area contributed by atoms with Crippen LogP contribution in [0, 0.1) is 16.7 Å². The van der Waals surface area contributed by atoms with Gasteiger partial charge in [-0.1, -0.05) is 13.8 Å². The molecule has 0 aromatic carbocycles. The Balaban J connectivity index is 1.60. The Labute approximate surface area is 208 Å². The number of aliphatic imine (C=N–C) groups is 1. The van der Waals surface area contributed by atoms with E-state index in [4.69, 9.17) is 21.3 Å². The van der Waals surface area contributed by atoms with E-state index in [9.17, 15) is 0 Å². The van der Waals surface area contributed by atoms with Crippen molar-refractivity contribution < 1.29 is 4.74 Å². The highest BCUT2D eigenvalue weighted by Gasteiger charge is 2.18. The normalized spacial score (nSPS) is 19.8. The lowest BCUT2D eigenvalue weighted by Gasteiger charge is -2.25. The Kier molecular flexibility index (Phi) is 9.63. The van der Waals surface area contributed by atoms with Crippen LogP contribution in [-0.2, 0) is 4.74 Å². The molecule has 0 spiro atoms. The lowest BCUT2D eigenvalue weighted by Crippen LogP contribution is -2.34. The summed E-state index contributed by atoms with van der Waals surface area (Å²) in [5.74, 6) is 1.06. The van der Waals surface area contributed by atoms with Gasteiger partial charge in [-0.25, -0.2) is 0 Å². The Morgan fingerprint density at radius 1 is 1.29 bits per heavy atom. The van der Waals surface area contributed by atoms with Gasteiger partial charge in [-0.2, -0.15) is 0 Å². The van der Waals surface area contributed by atoms with Crippen LogP contribution in [0.1, 0.15) is 26.7 Å². The number of fused-ring (bicyclic) bond motifs is 1. The largest absolute Gasteiger partial charge is 0.404 e. The molecule has 0 amide bonds. The molecular weight excluding hydrogens is 440 g/mol. The van der Waals surface area contributed by atoms with E-state index in [0.29, 0.717) is 12.4 Å². The van der Waals surface area contributed by atoms with Crippen LogP contribution in [0.15, 0.2) is 75.6 Å². The number of methoxy groups -OCH3 is 1. The number of likely N-dealkylation sites (tertiary alicyclic amines) is 1. The maximum Gasteiger partial charge on any atom is 0.123 e. The van der Waals surface area contributed by atoms with Gasteiger partial charge in [-0.15, -0.1) is 0 Å². The monoisotopic (exact) mass is 478 g/mol. The fourth-order valence-corrected chi connectivity index (χ4v) is 4.01. The second kappa shape index (κ2) is 12.9. The lowest BCUT2D eigenvalue weighted by atomic mass is 10.0. The van der Waals surface area contributed by atoms with Crippen molar-refractivity contribution in [1.29, 1.82) is 10.8 Å². The third kappa shape index (κ3) is 7.53. The molecule has 35 heavy (non-hydrogen) atoms. The van der Waals surface area contributed by atoms with E-state index in [-0.39, 0.29) is 17.9 Å². The summed E-state index contributed by atoms with van der Waals surface area (Å²) in [6.07, 6.45) is 16.6. The van der Waals surface area contributed by atoms with Crippen LogP contribution in [0.25, 0.3) is 0 Å². The van der Waals surface area contributed by atoms with E-state index in [1.807, 2.05) is 38.3 Å². The van der Waals surface area contributed by atoms with Crippen LogP contribution >= 0.6 is 0 Å². The molecule has 9 heteroatoms. The Morgan fingerprint density at radius 3 is 2.71 bits per heavy atom. The number of hydrogen-bond acceptors (Lipinski definition) is 8. The number of allylic oxidation sites excluding steroid dienone is 6. The Bertz CT molecular complexity index is 1010. The molecule has 0 bridgehead atoms. The van der Waals surface area contributed by atoms with E-state index >= 15 is 0 Å². The van der Waals surface area contributed by atoms with E-state index < -0.39 is 0 Å². The number of rotatable bonds is 11. The minimum Gasteiger partial charge on any atom is -0.404 e. The van der Waals surface area contributed by atoms with Gasteiger partial charge in [0.05, 0.1) is 24.0 Å². The van der Waals surface area contributed by atoms with Crippen LogP contribution < -0.4 is 21.7 Å².